The molecule has 0 spiro atoms. The molecule has 0 radical (unpaired) electrons. The Balaban J connectivity index is 1.69. The van der Waals surface area contributed by atoms with Gasteiger partial charge >= 0.3 is 5.97 Å². The van der Waals surface area contributed by atoms with Crippen LogP contribution in [0.3, 0.4) is 0 Å². The molecule has 1 fully saturated rings. The average Bonchev–Trinajstić information content (AvgIpc) is 2.99. The van der Waals surface area contributed by atoms with E-state index in [2.05, 4.69) is 5.32 Å². The van der Waals surface area contributed by atoms with E-state index in [9.17, 15) is 14.4 Å². The third kappa shape index (κ3) is 4.18. The quantitative estimate of drug-likeness (QED) is 0.421. The van der Waals surface area contributed by atoms with Crippen LogP contribution in [0, 0.1) is 5.92 Å². The van der Waals surface area contributed by atoms with E-state index in [-0.39, 0.29) is 30.4 Å². The Hall–Kier alpha value is -2.28. The van der Waals surface area contributed by atoms with Crippen molar-refractivity contribution in [2.75, 3.05) is 12.3 Å². The summed E-state index contributed by atoms with van der Waals surface area (Å²) in [5, 5.41) is 2.75. The lowest BCUT2D eigenvalue weighted by atomic mass is 9.85. The van der Waals surface area contributed by atoms with Gasteiger partial charge in [0.1, 0.15) is 12.3 Å². The molecule has 1 aromatic carbocycles. The molecule has 1 N–H and O–H groups in total. The minimum absolute atomic E-state index is 0.00613. The van der Waals surface area contributed by atoms with Crippen molar-refractivity contribution in [1.82, 2.24) is 10.2 Å². The minimum atomic E-state index is -0.453. The van der Waals surface area contributed by atoms with Gasteiger partial charge in [-0.1, -0.05) is 37.3 Å². The number of carbonyl (C=O) groups excluding carboxylic acids is 3. The highest BCUT2D eigenvalue weighted by Gasteiger charge is 2.54. The molecule has 0 bridgehead atoms. The zero-order valence-electron chi connectivity index (χ0n) is 15.6. The fourth-order valence-corrected chi connectivity index (χ4v) is 4.57. The Bertz CT molecular complexity index is 763. The van der Waals surface area contributed by atoms with Crippen LogP contribution in [0.1, 0.15) is 32.3 Å². The first-order valence-electron chi connectivity index (χ1n) is 9.17. The third-order valence-electron chi connectivity index (χ3n) is 4.85. The molecular formula is C20H24N2O4S. The number of rotatable bonds is 8. The van der Waals surface area contributed by atoms with Gasteiger partial charge in [0.25, 0.3) is 0 Å². The van der Waals surface area contributed by atoms with E-state index in [1.165, 1.54) is 18.7 Å². The minimum Gasteiger partial charge on any atom is -0.456 e. The molecule has 0 saturated carbocycles. The van der Waals surface area contributed by atoms with E-state index in [0.29, 0.717) is 24.4 Å². The van der Waals surface area contributed by atoms with Gasteiger partial charge in [-0.25, -0.2) is 4.79 Å². The van der Waals surface area contributed by atoms with Crippen molar-refractivity contribution in [2.45, 2.75) is 39.3 Å². The van der Waals surface area contributed by atoms with E-state index in [1.807, 2.05) is 37.3 Å². The number of nitrogens with zero attached hydrogens (tertiary/aromatic N) is 1. The molecule has 27 heavy (non-hydrogen) atoms. The first kappa shape index (κ1) is 19.5. The van der Waals surface area contributed by atoms with Crippen LogP contribution in [0.25, 0.3) is 0 Å². The van der Waals surface area contributed by atoms with Crippen molar-refractivity contribution < 1.29 is 19.1 Å². The lowest BCUT2D eigenvalue weighted by Crippen LogP contribution is -2.58. The largest absolute Gasteiger partial charge is 0.456 e. The molecule has 2 amide bonds. The molecule has 2 aliphatic rings. The van der Waals surface area contributed by atoms with Crippen molar-refractivity contribution in [3.05, 3.63) is 46.5 Å². The van der Waals surface area contributed by atoms with Crippen LogP contribution in [-0.2, 0) is 25.7 Å². The summed E-state index contributed by atoms with van der Waals surface area (Å²) in [6.45, 7) is 4.17. The van der Waals surface area contributed by atoms with Crippen LogP contribution >= 0.6 is 11.8 Å². The van der Waals surface area contributed by atoms with Crippen molar-refractivity contribution in [1.29, 1.82) is 0 Å². The molecule has 0 aromatic heterocycles. The molecule has 2 aliphatic heterocycles. The predicted octanol–water partition coefficient (Wildman–Crippen LogP) is 2.45. The predicted molar refractivity (Wildman–Crippen MR) is 103 cm³/mol. The number of hydrogen-bond acceptors (Lipinski definition) is 5. The van der Waals surface area contributed by atoms with Gasteiger partial charge in [0.2, 0.25) is 11.8 Å². The van der Waals surface area contributed by atoms with Gasteiger partial charge < -0.3 is 15.0 Å². The topological polar surface area (TPSA) is 75.7 Å². The summed E-state index contributed by atoms with van der Waals surface area (Å²) in [6.07, 6.45) is 1.46. The maximum Gasteiger partial charge on any atom is 0.356 e. The van der Waals surface area contributed by atoms with Gasteiger partial charge in [-0.2, -0.15) is 0 Å². The maximum absolute atomic E-state index is 12.7. The molecule has 7 heteroatoms. The van der Waals surface area contributed by atoms with Gasteiger partial charge in [-0.05, 0) is 12.0 Å². The summed E-state index contributed by atoms with van der Waals surface area (Å²) in [5.74, 6) is 0.104. The van der Waals surface area contributed by atoms with E-state index < -0.39 is 5.97 Å². The molecule has 6 nitrogen and oxygen atoms in total. The first-order valence-corrected chi connectivity index (χ1v) is 10.2. The van der Waals surface area contributed by atoms with Crippen LogP contribution in [-0.4, -0.2) is 41.0 Å². The monoisotopic (exact) mass is 388 g/mol. The van der Waals surface area contributed by atoms with Crippen LogP contribution in [0.4, 0.5) is 0 Å². The SMILES string of the molecule is CCC1C(=O)N2C(C(=O)OCc3ccccc3)=C(SCCNC(C)=O)CC12. The highest BCUT2D eigenvalue weighted by molar-refractivity contribution is 8.03. The van der Waals surface area contributed by atoms with Gasteiger partial charge in [0.05, 0.1) is 12.0 Å². The second kappa shape index (κ2) is 8.61. The molecule has 2 unspecified atom stereocenters. The smallest absolute Gasteiger partial charge is 0.356 e. The van der Waals surface area contributed by atoms with Crippen LogP contribution in [0.15, 0.2) is 40.9 Å². The molecular weight excluding hydrogens is 364 g/mol. The van der Waals surface area contributed by atoms with Gasteiger partial charge in [0.15, 0.2) is 0 Å². The van der Waals surface area contributed by atoms with Crippen molar-refractivity contribution in [2.24, 2.45) is 5.92 Å². The Morgan fingerprint density at radius 3 is 2.70 bits per heavy atom. The molecule has 1 saturated heterocycles. The summed E-state index contributed by atoms with van der Waals surface area (Å²) in [7, 11) is 0. The van der Waals surface area contributed by atoms with E-state index in [0.717, 1.165) is 16.9 Å². The number of ether oxygens (including phenoxy) is 1. The highest BCUT2D eigenvalue weighted by atomic mass is 32.2. The second-order valence-corrected chi connectivity index (χ2v) is 7.85. The van der Waals surface area contributed by atoms with Crippen LogP contribution in [0.2, 0.25) is 0 Å². The zero-order valence-corrected chi connectivity index (χ0v) is 16.4. The van der Waals surface area contributed by atoms with Crippen LogP contribution < -0.4 is 5.32 Å². The van der Waals surface area contributed by atoms with Gasteiger partial charge in [0, 0.05) is 30.5 Å². The molecule has 1 aromatic rings. The number of nitrogens with one attached hydrogen (secondary N) is 1. The Morgan fingerprint density at radius 2 is 2.04 bits per heavy atom. The van der Waals surface area contributed by atoms with Gasteiger partial charge in [-0.3, -0.25) is 9.59 Å². The maximum atomic E-state index is 12.7. The fraction of sp³-hybridized carbons (Fsp3) is 0.450. The summed E-state index contributed by atoms with van der Waals surface area (Å²) >= 11 is 1.52. The Morgan fingerprint density at radius 1 is 1.30 bits per heavy atom. The number of amides is 2. The van der Waals surface area contributed by atoms with Crippen molar-refractivity contribution in [3.63, 3.8) is 0 Å². The molecule has 2 heterocycles. The van der Waals surface area contributed by atoms with Crippen molar-refractivity contribution in [3.8, 4) is 0 Å². The number of hydrogen-bond donors (Lipinski definition) is 1. The molecule has 2 atom stereocenters. The van der Waals surface area contributed by atoms with E-state index >= 15 is 0 Å². The number of β-lactam (4-membered cyclic amide) rings is 1. The number of carbonyl (C=O) groups is 3. The Labute approximate surface area is 163 Å². The summed E-state index contributed by atoms with van der Waals surface area (Å²) in [5.41, 5.74) is 1.29. The summed E-state index contributed by atoms with van der Waals surface area (Å²) in [6, 6.07) is 9.53. The first-order chi connectivity index (χ1) is 13.0. The lowest BCUT2D eigenvalue weighted by Gasteiger charge is -2.43. The number of thioether (sulfide) groups is 1. The molecule has 0 aliphatic carbocycles. The summed E-state index contributed by atoms with van der Waals surface area (Å²) < 4.78 is 5.48. The summed E-state index contributed by atoms with van der Waals surface area (Å²) in [4.78, 5) is 38.7. The fourth-order valence-electron chi connectivity index (χ4n) is 3.51. The third-order valence-corrected chi connectivity index (χ3v) is 5.97. The Kier molecular flexibility index (Phi) is 6.21. The van der Waals surface area contributed by atoms with Crippen LogP contribution in [0.5, 0.6) is 0 Å². The zero-order chi connectivity index (χ0) is 19.4. The standard InChI is InChI=1S/C20H24N2O4S/c1-3-15-16-11-17(27-10-9-21-13(2)23)18(22(16)19(15)24)20(25)26-12-14-7-5-4-6-8-14/h4-8,15-16H,3,9-12H2,1-2H3,(H,21,23). The molecule has 3 rings (SSSR count). The van der Waals surface area contributed by atoms with E-state index in [1.54, 1.807) is 4.90 Å². The van der Waals surface area contributed by atoms with E-state index in [4.69, 9.17) is 4.74 Å². The average molecular weight is 388 g/mol. The molecule has 144 valence electrons. The lowest BCUT2D eigenvalue weighted by molar-refractivity contribution is -0.157. The number of benzene rings is 1. The second-order valence-electron chi connectivity index (χ2n) is 6.66. The highest BCUT2D eigenvalue weighted by Crippen LogP contribution is 2.47. The van der Waals surface area contributed by atoms with Gasteiger partial charge in [-0.15, -0.1) is 11.8 Å². The number of esters is 1. The normalized spacial score (nSPS) is 21.0. The number of fused-ring (bicyclic) bond motifs is 1. The van der Waals surface area contributed by atoms with Crippen molar-refractivity contribution >= 4 is 29.5 Å².